The largest absolute Gasteiger partial charge is 0.383 e. The van der Waals surface area contributed by atoms with E-state index in [1.54, 1.807) is 0 Å². The van der Waals surface area contributed by atoms with Crippen molar-refractivity contribution in [1.29, 1.82) is 5.26 Å². The van der Waals surface area contributed by atoms with Gasteiger partial charge in [-0.2, -0.15) is 5.26 Å². The highest BCUT2D eigenvalue weighted by Crippen LogP contribution is 2.33. The van der Waals surface area contributed by atoms with Crippen molar-refractivity contribution in [1.82, 2.24) is 4.98 Å². The Morgan fingerprint density at radius 3 is 2.93 bits per heavy atom. The number of alkyl halides is 2. The lowest BCUT2D eigenvalue weighted by atomic mass is 9.92. The van der Waals surface area contributed by atoms with E-state index in [-0.39, 0.29) is 30.6 Å². The summed E-state index contributed by atoms with van der Waals surface area (Å²) in [5.41, 5.74) is 6.71. The normalized spacial score (nSPS) is 17.9. The molecule has 1 aromatic heterocycles. The Labute approximate surface area is 85.5 Å². The number of halogens is 2. The van der Waals surface area contributed by atoms with Gasteiger partial charge in [-0.3, -0.25) is 0 Å². The van der Waals surface area contributed by atoms with Crippen LogP contribution in [0.5, 0.6) is 0 Å². The fourth-order valence-corrected chi connectivity index (χ4v) is 1.74. The molecule has 1 aromatic rings. The zero-order valence-corrected chi connectivity index (χ0v) is 7.93. The van der Waals surface area contributed by atoms with Crippen LogP contribution in [0, 0.1) is 11.3 Å². The van der Waals surface area contributed by atoms with Crippen molar-refractivity contribution in [2.45, 2.75) is 25.2 Å². The van der Waals surface area contributed by atoms with Gasteiger partial charge in [0.05, 0.1) is 5.56 Å². The first-order chi connectivity index (χ1) is 7.02. The maximum absolute atomic E-state index is 13.1. The fraction of sp³-hybridized carbons (Fsp3) is 0.400. The number of nitrogens with two attached hydrogens (primary N) is 1. The van der Waals surface area contributed by atoms with E-state index in [4.69, 9.17) is 11.0 Å². The molecule has 0 aliphatic heterocycles. The van der Waals surface area contributed by atoms with Crippen LogP contribution in [-0.2, 0) is 12.8 Å². The molecule has 1 heterocycles. The van der Waals surface area contributed by atoms with Crippen molar-refractivity contribution in [3.05, 3.63) is 22.9 Å². The summed E-state index contributed by atoms with van der Waals surface area (Å²) in [6.07, 6.45) is -0.319. The van der Waals surface area contributed by atoms with E-state index in [0.29, 0.717) is 11.3 Å². The van der Waals surface area contributed by atoms with Gasteiger partial charge in [-0.25, -0.2) is 13.8 Å². The van der Waals surface area contributed by atoms with Gasteiger partial charge in [-0.15, -0.1) is 0 Å². The van der Waals surface area contributed by atoms with Gasteiger partial charge in [0.25, 0.3) is 5.92 Å². The van der Waals surface area contributed by atoms with E-state index in [1.165, 1.54) is 6.07 Å². The molecule has 0 atom stereocenters. The van der Waals surface area contributed by atoms with Crippen LogP contribution in [0.3, 0.4) is 0 Å². The molecule has 5 heteroatoms. The highest BCUT2D eigenvalue weighted by atomic mass is 19.3. The number of fused-ring (bicyclic) bond motifs is 1. The first-order valence-corrected chi connectivity index (χ1v) is 4.58. The number of aromatic nitrogens is 1. The minimum absolute atomic E-state index is 0.126. The molecule has 3 nitrogen and oxygen atoms in total. The SMILES string of the molecule is N#Cc1cc2c(nc1N)CCC(F)(F)C2. The van der Waals surface area contributed by atoms with Gasteiger partial charge < -0.3 is 5.73 Å². The average molecular weight is 209 g/mol. The van der Waals surface area contributed by atoms with Gasteiger partial charge in [0.15, 0.2) is 0 Å². The predicted octanol–water partition coefficient (Wildman–Crippen LogP) is 1.66. The van der Waals surface area contributed by atoms with Crippen molar-refractivity contribution < 1.29 is 8.78 Å². The molecule has 0 unspecified atom stereocenters. The average Bonchev–Trinajstić information content (AvgIpc) is 2.17. The van der Waals surface area contributed by atoms with Crippen LogP contribution in [-0.4, -0.2) is 10.9 Å². The molecule has 0 amide bonds. The fourth-order valence-electron chi connectivity index (χ4n) is 1.74. The highest BCUT2D eigenvalue weighted by molar-refractivity contribution is 5.51. The molecular formula is C10H9F2N3. The zero-order valence-electron chi connectivity index (χ0n) is 7.93. The lowest BCUT2D eigenvalue weighted by molar-refractivity contribution is -0.0127. The number of aryl methyl sites for hydroxylation is 1. The summed E-state index contributed by atoms with van der Waals surface area (Å²) in [5, 5.41) is 8.69. The van der Waals surface area contributed by atoms with Crippen LogP contribution in [0.25, 0.3) is 0 Å². The molecule has 1 aliphatic carbocycles. The summed E-state index contributed by atoms with van der Waals surface area (Å²) in [4.78, 5) is 3.97. The quantitative estimate of drug-likeness (QED) is 0.706. The molecule has 0 spiro atoms. The maximum atomic E-state index is 13.1. The second kappa shape index (κ2) is 3.16. The Hall–Kier alpha value is -1.70. The summed E-state index contributed by atoms with van der Waals surface area (Å²) in [5.74, 6) is -2.56. The third-order valence-corrected chi connectivity index (χ3v) is 2.52. The van der Waals surface area contributed by atoms with Gasteiger partial charge in [0, 0.05) is 18.5 Å². The molecule has 2 rings (SSSR count). The lowest BCUT2D eigenvalue weighted by Gasteiger charge is -2.23. The van der Waals surface area contributed by atoms with Crippen LogP contribution in [0.2, 0.25) is 0 Å². The lowest BCUT2D eigenvalue weighted by Crippen LogP contribution is -2.27. The Kier molecular flexibility index (Phi) is 2.07. The smallest absolute Gasteiger partial charge is 0.252 e. The molecule has 15 heavy (non-hydrogen) atoms. The Morgan fingerprint density at radius 1 is 1.53 bits per heavy atom. The van der Waals surface area contributed by atoms with E-state index >= 15 is 0 Å². The second-order valence-corrected chi connectivity index (χ2v) is 3.67. The van der Waals surface area contributed by atoms with Crippen molar-refractivity contribution >= 4 is 5.82 Å². The van der Waals surface area contributed by atoms with Crippen LogP contribution in [0.1, 0.15) is 23.2 Å². The summed E-state index contributed by atoms with van der Waals surface area (Å²) < 4.78 is 26.2. The maximum Gasteiger partial charge on any atom is 0.252 e. The molecule has 0 radical (unpaired) electrons. The van der Waals surface area contributed by atoms with Crippen molar-refractivity contribution in [2.75, 3.05) is 5.73 Å². The number of hydrogen-bond acceptors (Lipinski definition) is 3. The number of pyridine rings is 1. The number of nitriles is 1. The zero-order chi connectivity index (χ0) is 11.1. The minimum atomic E-state index is -2.68. The topological polar surface area (TPSA) is 62.7 Å². The monoisotopic (exact) mass is 209 g/mol. The van der Waals surface area contributed by atoms with E-state index in [9.17, 15) is 8.78 Å². The van der Waals surface area contributed by atoms with E-state index in [0.717, 1.165) is 0 Å². The third kappa shape index (κ3) is 1.75. The van der Waals surface area contributed by atoms with Crippen LogP contribution >= 0.6 is 0 Å². The number of anilines is 1. The highest BCUT2D eigenvalue weighted by Gasteiger charge is 2.34. The third-order valence-electron chi connectivity index (χ3n) is 2.52. The van der Waals surface area contributed by atoms with Crippen LogP contribution in [0.4, 0.5) is 14.6 Å². The van der Waals surface area contributed by atoms with Crippen molar-refractivity contribution in [3.63, 3.8) is 0 Å². The van der Waals surface area contributed by atoms with E-state index < -0.39 is 5.92 Å². The molecule has 78 valence electrons. The van der Waals surface area contributed by atoms with Crippen LogP contribution < -0.4 is 5.73 Å². The molecule has 0 saturated heterocycles. The summed E-state index contributed by atoms with van der Waals surface area (Å²) in [7, 11) is 0. The predicted molar refractivity (Wildman–Crippen MR) is 50.3 cm³/mol. The number of nitrogen functional groups attached to an aromatic ring is 1. The Balaban J connectivity index is 2.47. The molecule has 0 fully saturated rings. The second-order valence-electron chi connectivity index (χ2n) is 3.67. The van der Waals surface area contributed by atoms with Gasteiger partial charge >= 0.3 is 0 Å². The first kappa shape index (κ1) is 9.84. The molecule has 0 aromatic carbocycles. The standard InChI is InChI=1S/C10H9F2N3/c11-10(12)2-1-8-6(4-10)3-7(5-13)9(14)15-8/h3H,1-2,4H2,(H2,14,15). The molecule has 0 saturated carbocycles. The molecule has 0 bridgehead atoms. The van der Waals surface area contributed by atoms with E-state index in [1.807, 2.05) is 6.07 Å². The van der Waals surface area contributed by atoms with Gasteiger partial charge in [0.1, 0.15) is 11.9 Å². The summed E-state index contributed by atoms with van der Waals surface area (Å²) in [6.45, 7) is 0. The van der Waals surface area contributed by atoms with Crippen molar-refractivity contribution in [2.24, 2.45) is 0 Å². The number of hydrogen-bond donors (Lipinski definition) is 1. The van der Waals surface area contributed by atoms with Gasteiger partial charge in [0.2, 0.25) is 0 Å². The van der Waals surface area contributed by atoms with Crippen molar-refractivity contribution in [3.8, 4) is 6.07 Å². The Bertz CT molecular complexity index is 449. The minimum Gasteiger partial charge on any atom is -0.383 e. The molecule has 1 aliphatic rings. The number of rotatable bonds is 0. The van der Waals surface area contributed by atoms with Crippen LogP contribution in [0.15, 0.2) is 6.07 Å². The summed E-state index contributed by atoms with van der Waals surface area (Å²) in [6, 6.07) is 3.26. The first-order valence-electron chi connectivity index (χ1n) is 4.58. The summed E-state index contributed by atoms with van der Waals surface area (Å²) >= 11 is 0. The number of nitrogens with zero attached hydrogens (tertiary/aromatic N) is 2. The van der Waals surface area contributed by atoms with Gasteiger partial charge in [-0.05, 0) is 18.1 Å². The van der Waals surface area contributed by atoms with E-state index in [2.05, 4.69) is 4.98 Å². The molecule has 2 N–H and O–H groups in total. The Morgan fingerprint density at radius 2 is 2.27 bits per heavy atom. The van der Waals surface area contributed by atoms with Gasteiger partial charge in [-0.1, -0.05) is 0 Å². The molecular weight excluding hydrogens is 200 g/mol.